The van der Waals surface area contributed by atoms with Crippen molar-refractivity contribution in [2.75, 3.05) is 6.54 Å². The molecule has 0 fully saturated rings. The summed E-state index contributed by atoms with van der Waals surface area (Å²) in [5.74, 6) is -0.286. The quantitative estimate of drug-likeness (QED) is 0.796. The number of aromatic nitrogens is 2. The highest BCUT2D eigenvalue weighted by Crippen LogP contribution is 2.29. The van der Waals surface area contributed by atoms with Gasteiger partial charge in [0.15, 0.2) is 5.78 Å². The number of nitrogens with zero attached hydrogens (tertiary/aromatic N) is 1. The van der Waals surface area contributed by atoms with Crippen LogP contribution >= 0.6 is 0 Å². The van der Waals surface area contributed by atoms with Crippen molar-refractivity contribution in [3.05, 3.63) is 18.2 Å². The van der Waals surface area contributed by atoms with Crippen LogP contribution in [0.1, 0.15) is 40.3 Å². The summed E-state index contributed by atoms with van der Waals surface area (Å²) in [6.45, 7) is 9.32. The van der Waals surface area contributed by atoms with Gasteiger partial charge in [-0.05, 0) is 13.8 Å². The number of carbonyl (C=O) groups excluding carboxylic acids is 2. The van der Waals surface area contributed by atoms with Gasteiger partial charge in [-0.1, -0.05) is 20.8 Å². The second kappa shape index (κ2) is 5.55. The minimum absolute atomic E-state index is 0.0564. The molecule has 0 aromatic carbocycles. The molecule has 0 radical (unpaired) electrons. The van der Waals surface area contributed by atoms with Gasteiger partial charge in [0.05, 0.1) is 6.33 Å². The number of H-pyrrole nitrogens is 1. The molecule has 0 aliphatic carbocycles. The van der Waals surface area contributed by atoms with Crippen molar-refractivity contribution >= 4 is 11.7 Å². The molecule has 1 amide bonds. The number of aromatic amines is 1. The second-order valence-corrected chi connectivity index (χ2v) is 6.29. The molecule has 2 N–H and O–H groups in total. The standard InChI is InChI=1S/C14H23N3O2/c1-13(2,3)11(18)14(4,5)12(19)16-7-6-10-8-15-9-17-10/h8-9H,6-7H2,1-5H3,(H,15,17)(H,16,19). The molecule has 0 unspecified atom stereocenters. The lowest BCUT2D eigenvalue weighted by molar-refractivity contribution is -0.144. The summed E-state index contributed by atoms with van der Waals surface area (Å²) in [6.07, 6.45) is 3.99. The number of rotatable bonds is 5. The van der Waals surface area contributed by atoms with E-state index in [1.54, 1.807) is 26.4 Å². The molecule has 106 valence electrons. The monoisotopic (exact) mass is 265 g/mol. The molecule has 5 heteroatoms. The Hall–Kier alpha value is -1.65. The third kappa shape index (κ3) is 3.91. The van der Waals surface area contributed by atoms with Crippen molar-refractivity contribution in [1.29, 1.82) is 0 Å². The maximum atomic E-state index is 12.2. The van der Waals surface area contributed by atoms with Gasteiger partial charge in [-0.25, -0.2) is 4.98 Å². The van der Waals surface area contributed by atoms with Crippen molar-refractivity contribution in [2.24, 2.45) is 10.8 Å². The lowest BCUT2D eigenvalue weighted by Gasteiger charge is -2.29. The van der Waals surface area contributed by atoms with Gasteiger partial charge < -0.3 is 10.3 Å². The minimum Gasteiger partial charge on any atom is -0.355 e. The number of nitrogens with one attached hydrogen (secondary N) is 2. The topological polar surface area (TPSA) is 74.8 Å². The molecule has 0 saturated heterocycles. The Balaban J connectivity index is 2.54. The van der Waals surface area contributed by atoms with E-state index in [2.05, 4.69) is 15.3 Å². The first-order valence-corrected chi connectivity index (χ1v) is 6.46. The normalized spacial score (nSPS) is 12.3. The molecule has 5 nitrogen and oxygen atoms in total. The fourth-order valence-corrected chi connectivity index (χ4v) is 1.99. The molecule has 0 aliphatic heterocycles. The number of ketones is 1. The van der Waals surface area contributed by atoms with Crippen molar-refractivity contribution in [1.82, 2.24) is 15.3 Å². The summed E-state index contributed by atoms with van der Waals surface area (Å²) in [5.41, 5.74) is -0.573. The first-order valence-electron chi connectivity index (χ1n) is 6.46. The first-order chi connectivity index (χ1) is 8.65. The van der Waals surface area contributed by atoms with Crippen LogP contribution < -0.4 is 5.32 Å². The molecule has 1 aromatic rings. The molecule has 0 saturated carbocycles. The van der Waals surface area contributed by atoms with Crippen molar-refractivity contribution in [3.8, 4) is 0 Å². The van der Waals surface area contributed by atoms with Crippen molar-refractivity contribution in [3.63, 3.8) is 0 Å². The molecule has 1 rings (SSSR count). The highest BCUT2D eigenvalue weighted by Gasteiger charge is 2.41. The smallest absolute Gasteiger partial charge is 0.233 e. The summed E-state index contributed by atoms with van der Waals surface area (Å²) in [6, 6.07) is 0. The number of Topliss-reactive ketones (excluding diaryl/α,β-unsaturated/α-hetero) is 1. The van der Waals surface area contributed by atoms with Crippen LogP contribution in [0.4, 0.5) is 0 Å². The Morgan fingerprint density at radius 3 is 2.37 bits per heavy atom. The van der Waals surface area contributed by atoms with Crippen LogP contribution in [0.25, 0.3) is 0 Å². The molecule has 0 spiro atoms. The maximum Gasteiger partial charge on any atom is 0.233 e. The number of hydrogen-bond donors (Lipinski definition) is 2. The molecule has 1 heterocycles. The Morgan fingerprint density at radius 2 is 1.89 bits per heavy atom. The number of hydrogen-bond acceptors (Lipinski definition) is 3. The minimum atomic E-state index is -1.01. The Morgan fingerprint density at radius 1 is 1.26 bits per heavy atom. The summed E-state index contributed by atoms with van der Waals surface area (Å²) >= 11 is 0. The van der Waals surface area contributed by atoms with Gasteiger partial charge in [-0.15, -0.1) is 0 Å². The molecule has 1 aromatic heterocycles. The van der Waals surface area contributed by atoms with E-state index in [9.17, 15) is 9.59 Å². The first kappa shape index (κ1) is 15.4. The van der Waals surface area contributed by atoms with Crippen LogP contribution in [-0.2, 0) is 16.0 Å². The van der Waals surface area contributed by atoms with Gasteiger partial charge in [-0.2, -0.15) is 0 Å². The van der Waals surface area contributed by atoms with Gasteiger partial charge in [0.2, 0.25) is 5.91 Å². The van der Waals surface area contributed by atoms with Gasteiger partial charge in [0.25, 0.3) is 0 Å². The lowest BCUT2D eigenvalue weighted by atomic mass is 9.74. The van der Waals surface area contributed by atoms with Crippen LogP contribution in [0.3, 0.4) is 0 Å². The molecular formula is C14H23N3O2. The average Bonchev–Trinajstić information content (AvgIpc) is 2.79. The van der Waals surface area contributed by atoms with E-state index in [0.29, 0.717) is 13.0 Å². The van der Waals surface area contributed by atoms with Crippen LogP contribution in [0.2, 0.25) is 0 Å². The summed E-state index contributed by atoms with van der Waals surface area (Å²) in [4.78, 5) is 31.2. The average molecular weight is 265 g/mol. The van der Waals surface area contributed by atoms with E-state index in [1.807, 2.05) is 20.8 Å². The van der Waals surface area contributed by atoms with Gasteiger partial charge in [0.1, 0.15) is 5.41 Å². The zero-order valence-electron chi connectivity index (χ0n) is 12.3. The van der Waals surface area contributed by atoms with E-state index in [-0.39, 0.29) is 11.7 Å². The summed E-state index contributed by atoms with van der Waals surface area (Å²) in [7, 11) is 0. The second-order valence-electron chi connectivity index (χ2n) is 6.29. The van der Waals surface area contributed by atoms with Crippen LogP contribution in [-0.4, -0.2) is 28.2 Å². The highest BCUT2D eigenvalue weighted by atomic mass is 16.2. The van der Waals surface area contributed by atoms with Crippen molar-refractivity contribution in [2.45, 2.75) is 41.0 Å². The zero-order chi connectivity index (χ0) is 14.7. The predicted octanol–water partition coefficient (Wildman–Crippen LogP) is 1.71. The van der Waals surface area contributed by atoms with Gasteiger partial charge in [-0.3, -0.25) is 9.59 Å². The fraction of sp³-hybridized carbons (Fsp3) is 0.643. The molecule has 0 bridgehead atoms. The summed E-state index contributed by atoms with van der Waals surface area (Å²) in [5, 5.41) is 2.81. The molecular weight excluding hydrogens is 242 g/mol. The number of imidazole rings is 1. The van der Waals surface area contributed by atoms with Crippen LogP contribution in [0, 0.1) is 10.8 Å². The highest BCUT2D eigenvalue weighted by molar-refractivity contribution is 6.07. The number of carbonyl (C=O) groups is 2. The number of amides is 1. The molecule has 0 atom stereocenters. The fourth-order valence-electron chi connectivity index (χ4n) is 1.99. The Kier molecular flexibility index (Phi) is 4.50. The Labute approximate surface area is 114 Å². The van der Waals surface area contributed by atoms with E-state index < -0.39 is 10.8 Å². The lowest BCUT2D eigenvalue weighted by Crippen LogP contribution is -2.47. The molecule has 0 aliphatic rings. The third-order valence-corrected chi connectivity index (χ3v) is 3.05. The zero-order valence-corrected chi connectivity index (χ0v) is 12.3. The Bertz CT molecular complexity index is 442. The van der Waals surface area contributed by atoms with Gasteiger partial charge in [0, 0.05) is 30.3 Å². The van der Waals surface area contributed by atoms with Crippen molar-refractivity contribution < 1.29 is 9.59 Å². The predicted molar refractivity (Wildman–Crippen MR) is 73.5 cm³/mol. The van der Waals surface area contributed by atoms with E-state index in [4.69, 9.17) is 0 Å². The van der Waals surface area contributed by atoms with E-state index in [1.165, 1.54) is 0 Å². The third-order valence-electron chi connectivity index (χ3n) is 3.05. The van der Waals surface area contributed by atoms with E-state index in [0.717, 1.165) is 5.69 Å². The summed E-state index contributed by atoms with van der Waals surface area (Å²) < 4.78 is 0. The maximum absolute atomic E-state index is 12.2. The van der Waals surface area contributed by atoms with E-state index >= 15 is 0 Å². The van der Waals surface area contributed by atoms with Crippen LogP contribution in [0.5, 0.6) is 0 Å². The van der Waals surface area contributed by atoms with Gasteiger partial charge >= 0.3 is 0 Å². The van der Waals surface area contributed by atoms with Crippen LogP contribution in [0.15, 0.2) is 12.5 Å². The molecule has 19 heavy (non-hydrogen) atoms. The SMILES string of the molecule is CC(C)(C)C(=O)C(C)(C)C(=O)NCCc1cnc[nH]1. The largest absolute Gasteiger partial charge is 0.355 e.